The van der Waals surface area contributed by atoms with Gasteiger partial charge < -0.3 is 14.6 Å². The number of benzene rings is 1. The molecule has 0 saturated carbocycles. The van der Waals surface area contributed by atoms with Gasteiger partial charge in [0.15, 0.2) is 0 Å². The summed E-state index contributed by atoms with van der Waals surface area (Å²) in [4.78, 5) is 2.38. The summed E-state index contributed by atoms with van der Waals surface area (Å²) in [5.41, 5.74) is 0.505. The standard InChI is InChI=1S/C18H27NO3/c1-15-2-4-17(5-3-15)22-14-18(20)8-9-19(13-18)12-16-6-10-21-11-7-16/h2-5,16,20H,6-14H2,1H3/t18-/m0/s1. The normalized spacial score (nSPS) is 27.2. The van der Waals surface area contributed by atoms with Crippen molar-refractivity contribution in [3.63, 3.8) is 0 Å². The molecule has 0 aliphatic carbocycles. The van der Waals surface area contributed by atoms with Crippen LogP contribution >= 0.6 is 0 Å². The smallest absolute Gasteiger partial charge is 0.119 e. The molecule has 0 spiro atoms. The molecule has 4 heteroatoms. The summed E-state index contributed by atoms with van der Waals surface area (Å²) >= 11 is 0. The van der Waals surface area contributed by atoms with E-state index in [0.717, 1.165) is 57.9 Å². The van der Waals surface area contributed by atoms with E-state index in [1.54, 1.807) is 0 Å². The summed E-state index contributed by atoms with van der Waals surface area (Å²) in [6.07, 6.45) is 3.09. The first-order valence-corrected chi connectivity index (χ1v) is 8.35. The number of aryl methyl sites for hydroxylation is 1. The number of hydrogen-bond acceptors (Lipinski definition) is 4. The van der Waals surface area contributed by atoms with E-state index in [1.165, 1.54) is 5.56 Å². The first kappa shape index (κ1) is 15.8. The first-order valence-electron chi connectivity index (χ1n) is 8.35. The Hall–Kier alpha value is -1.10. The van der Waals surface area contributed by atoms with Crippen LogP contribution in [0.4, 0.5) is 0 Å². The van der Waals surface area contributed by atoms with Crippen LogP contribution in [-0.4, -0.2) is 55.1 Å². The van der Waals surface area contributed by atoms with Crippen LogP contribution < -0.4 is 4.74 Å². The van der Waals surface area contributed by atoms with Crippen molar-refractivity contribution >= 4 is 0 Å². The summed E-state index contributed by atoms with van der Waals surface area (Å²) in [6, 6.07) is 8.00. The Balaban J connectivity index is 1.46. The minimum Gasteiger partial charge on any atom is -0.491 e. The third kappa shape index (κ3) is 4.22. The zero-order valence-corrected chi connectivity index (χ0v) is 13.5. The van der Waals surface area contributed by atoms with Gasteiger partial charge in [0.25, 0.3) is 0 Å². The third-order valence-electron chi connectivity index (χ3n) is 4.80. The molecule has 0 aromatic heterocycles. The Morgan fingerprint density at radius 3 is 2.73 bits per heavy atom. The van der Waals surface area contributed by atoms with E-state index in [9.17, 15) is 5.11 Å². The number of nitrogens with zero attached hydrogens (tertiary/aromatic N) is 1. The fraction of sp³-hybridized carbons (Fsp3) is 0.667. The van der Waals surface area contributed by atoms with Gasteiger partial charge in [0.1, 0.15) is 18.0 Å². The van der Waals surface area contributed by atoms with Crippen LogP contribution in [-0.2, 0) is 4.74 Å². The molecule has 0 unspecified atom stereocenters. The number of ether oxygens (including phenoxy) is 2. The predicted octanol–water partition coefficient (Wildman–Crippen LogP) is 2.24. The van der Waals surface area contributed by atoms with Crippen molar-refractivity contribution in [1.82, 2.24) is 4.90 Å². The summed E-state index contributed by atoms with van der Waals surface area (Å²) in [5.74, 6) is 1.55. The number of rotatable bonds is 5. The summed E-state index contributed by atoms with van der Waals surface area (Å²) in [7, 11) is 0. The Morgan fingerprint density at radius 1 is 1.27 bits per heavy atom. The van der Waals surface area contributed by atoms with Crippen LogP contribution in [0.1, 0.15) is 24.8 Å². The van der Waals surface area contributed by atoms with Gasteiger partial charge in [-0.05, 0) is 44.2 Å². The Kier molecular flexibility index (Phi) is 5.01. The van der Waals surface area contributed by atoms with Gasteiger partial charge in [-0.3, -0.25) is 4.90 Å². The maximum Gasteiger partial charge on any atom is 0.119 e. The molecule has 2 heterocycles. The van der Waals surface area contributed by atoms with Crippen molar-refractivity contribution in [2.24, 2.45) is 5.92 Å². The molecule has 3 rings (SSSR count). The molecule has 0 bridgehead atoms. The number of β-amino-alcohol motifs (C(OH)–C–C–N with tert-alkyl or cyclic N) is 1. The topological polar surface area (TPSA) is 41.9 Å². The lowest BCUT2D eigenvalue weighted by molar-refractivity contribution is 0.00000277. The van der Waals surface area contributed by atoms with E-state index < -0.39 is 5.60 Å². The van der Waals surface area contributed by atoms with Crippen LogP contribution in [0.15, 0.2) is 24.3 Å². The highest BCUT2D eigenvalue weighted by molar-refractivity contribution is 5.26. The van der Waals surface area contributed by atoms with Gasteiger partial charge in [-0.15, -0.1) is 0 Å². The van der Waals surface area contributed by atoms with Crippen molar-refractivity contribution in [1.29, 1.82) is 0 Å². The Labute approximate surface area is 133 Å². The lowest BCUT2D eigenvalue weighted by Crippen LogP contribution is -2.40. The maximum atomic E-state index is 10.7. The zero-order valence-electron chi connectivity index (χ0n) is 13.5. The fourth-order valence-electron chi connectivity index (χ4n) is 3.36. The largest absolute Gasteiger partial charge is 0.491 e. The average Bonchev–Trinajstić information content (AvgIpc) is 2.89. The average molecular weight is 305 g/mol. The van der Waals surface area contributed by atoms with Crippen molar-refractivity contribution in [3.8, 4) is 5.75 Å². The van der Waals surface area contributed by atoms with Gasteiger partial charge in [-0.2, -0.15) is 0 Å². The highest BCUT2D eigenvalue weighted by Crippen LogP contribution is 2.26. The zero-order chi connectivity index (χ0) is 15.4. The molecule has 0 amide bonds. The lowest BCUT2D eigenvalue weighted by Gasteiger charge is -2.28. The van der Waals surface area contributed by atoms with E-state index in [-0.39, 0.29) is 0 Å². The van der Waals surface area contributed by atoms with Gasteiger partial charge in [-0.1, -0.05) is 17.7 Å². The minimum atomic E-state index is -0.712. The fourth-order valence-corrected chi connectivity index (χ4v) is 3.36. The van der Waals surface area contributed by atoms with Crippen LogP contribution in [0.3, 0.4) is 0 Å². The molecule has 2 fully saturated rings. The first-order chi connectivity index (χ1) is 10.6. The molecule has 1 N–H and O–H groups in total. The quantitative estimate of drug-likeness (QED) is 0.906. The minimum absolute atomic E-state index is 0.375. The molecule has 4 nitrogen and oxygen atoms in total. The Bertz CT molecular complexity index is 470. The van der Waals surface area contributed by atoms with Crippen molar-refractivity contribution in [2.45, 2.75) is 31.8 Å². The molecule has 1 aromatic carbocycles. The van der Waals surface area contributed by atoms with Crippen LogP contribution in [0.5, 0.6) is 5.75 Å². The van der Waals surface area contributed by atoms with Gasteiger partial charge in [0.05, 0.1) is 0 Å². The molecule has 122 valence electrons. The molecule has 2 aliphatic rings. The highest BCUT2D eigenvalue weighted by atomic mass is 16.5. The molecular formula is C18H27NO3. The van der Waals surface area contributed by atoms with Gasteiger partial charge in [-0.25, -0.2) is 0 Å². The highest BCUT2D eigenvalue weighted by Gasteiger charge is 2.37. The molecule has 2 aliphatic heterocycles. The summed E-state index contributed by atoms with van der Waals surface area (Å²) in [6.45, 7) is 6.97. The predicted molar refractivity (Wildman–Crippen MR) is 86.2 cm³/mol. The monoisotopic (exact) mass is 305 g/mol. The molecule has 1 atom stereocenters. The number of aliphatic hydroxyl groups is 1. The van der Waals surface area contributed by atoms with Crippen LogP contribution in [0, 0.1) is 12.8 Å². The van der Waals surface area contributed by atoms with Gasteiger partial charge in [0, 0.05) is 32.8 Å². The molecule has 0 radical (unpaired) electrons. The Morgan fingerprint density at radius 2 is 2.00 bits per heavy atom. The SMILES string of the molecule is Cc1ccc(OC[C@]2(O)CCN(CC3CCOCC3)C2)cc1. The van der Waals surface area contributed by atoms with Gasteiger partial charge >= 0.3 is 0 Å². The maximum absolute atomic E-state index is 10.7. The van der Waals surface area contributed by atoms with Gasteiger partial charge in [0.2, 0.25) is 0 Å². The van der Waals surface area contributed by atoms with E-state index in [4.69, 9.17) is 9.47 Å². The van der Waals surface area contributed by atoms with Crippen molar-refractivity contribution in [3.05, 3.63) is 29.8 Å². The third-order valence-corrected chi connectivity index (χ3v) is 4.80. The number of likely N-dealkylation sites (tertiary alicyclic amines) is 1. The second-order valence-corrected chi connectivity index (χ2v) is 6.87. The van der Waals surface area contributed by atoms with E-state index >= 15 is 0 Å². The molecule has 2 saturated heterocycles. The molecule has 1 aromatic rings. The van der Waals surface area contributed by atoms with Crippen LogP contribution in [0.2, 0.25) is 0 Å². The van der Waals surface area contributed by atoms with Crippen LogP contribution in [0.25, 0.3) is 0 Å². The van der Waals surface area contributed by atoms with E-state index in [1.807, 2.05) is 24.3 Å². The lowest BCUT2D eigenvalue weighted by atomic mass is 10.00. The van der Waals surface area contributed by atoms with E-state index in [2.05, 4.69) is 11.8 Å². The van der Waals surface area contributed by atoms with Crippen molar-refractivity contribution in [2.75, 3.05) is 39.5 Å². The second-order valence-electron chi connectivity index (χ2n) is 6.87. The summed E-state index contributed by atoms with van der Waals surface area (Å²) < 4.78 is 11.2. The number of hydrogen-bond donors (Lipinski definition) is 1. The summed E-state index contributed by atoms with van der Waals surface area (Å²) in [5, 5.41) is 10.7. The molecular weight excluding hydrogens is 278 g/mol. The second kappa shape index (κ2) is 6.99. The van der Waals surface area contributed by atoms with E-state index in [0.29, 0.717) is 12.5 Å². The van der Waals surface area contributed by atoms with Crippen molar-refractivity contribution < 1.29 is 14.6 Å². The molecule has 22 heavy (non-hydrogen) atoms.